The van der Waals surface area contributed by atoms with E-state index >= 15 is 0 Å². The maximum Gasteiger partial charge on any atom is 0.303 e. The van der Waals surface area contributed by atoms with E-state index in [1.54, 1.807) is 11.3 Å². The second-order valence-electron chi connectivity index (χ2n) is 7.47. The number of nitrogens with two attached hydrogens (primary N) is 1. The summed E-state index contributed by atoms with van der Waals surface area (Å²) in [5, 5.41) is 10.1. The van der Waals surface area contributed by atoms with Crippen molar-refractivity contribution in [3.05, 3.63) is 16.3 Å². The van der Waals surface area contributed by atoms with E-state index < -0.39 is 5.97 Å². The van der Waals surface area contributed by atoms with Crippen LogP contribution in [0.1, 0.15) is 61.2 Å². The van der Waals surface area contributed by atoms with Gasteiger partial charge in [-0.2, -0.15) is 0 Å². The van der Waals surface area contributed by atoms with Gasteiger partial charge in [-0.1, -0.05) is 6.42 Å². The summed E-state index contributed by atoms with van der Waals surface area (Å²) in [7, 11) is 0. The van der Waals surface area contributed by atoms with Gasteiger partial charge in [0.25, 0.3) is 0 Å². The molecule has 26 heavy (non-hydrogen) atoms. The minimum Gasteiger partial charge on any atom is -0.481 e. The van der Waals surface area contributed by atoms with Crippen LogP contribution in [-0.4, -0.2) is 38.5 Å². The van der Waals surface area contributed by atoms with Crippen LogP contribution >= 0.6 is 11.3 Å². The van der Waals surface area contributed by atoms with Gasteiger partial charge in [0.1, 0.15) is 16.5 Å². The van der Waals surface area contributed by atoms with Crippen molar-refractivity contribution >= 4 is 33.3 Å². The highest BCUT2D eigenvalue weighted by Crippen LogP contribution is 2.37. The molecule has 1 saturated heterocycles. The third kappa shape index (κ3) is 3.55. The predicted molar refractivity (Wildman–Crippen MR) is 103 cm³/mol. The molecule has 0 saturated carbocycles. The van der Waals surface area contributed by atoms with Gasteiger partial charge >= 0.3 is 5.97 Å². The lowest BCUT2D eigenvalue weighted by Crippen LogP contribution is -2.39. The molecule has 2 aliphatic rings. The largest absolute Gasteiger partial charge is 0.481 e. The Balaban J connectivity index is 1.57. The van der Waals surface area contributed by atoms with Crippen LogP contribution in [0.15, 0.2) is 0 Å². The lowest BCUT2D eigenvalue weighted by Gasteiger charge is -2.35. The second-order valence-corrected chi connectivity index (χ2v) is 8.55. The predicted octanol–water partition coefficient (Wildman–Crippen LogP) is 3.37. The standard InChI is InChI=1S/C19H26N4O2S/c20-18-17-13-6-1-2-7-14(13)26-19(17)22-15(21-18)11-23-10-4-3-5-12(23)8-9-16(24)25/h12H,1-11H2,(H,24,25)(H2,20,21,22). The molecule has 1 fully saturated rings. The molecule has 7 heteroatoms. The number of carbonyl (C=O) groups is 1. The maximum absolute atomic E-state index is 10.9. The lowest BCUT2D eigenvalue weighted by atomic mass is 9.97. The van der Waals surface area contributed by atoms with Crippen LogP contribution in [0, 0.1) is 0 Å². The minimum absolute atomic E-state index is 0.223. The number of aliphatic carboxylic acids is 1. The van der Waals surface area contributed by atoms with Crippen molar-refractivity contribution in [2.24, 2.45) is 0 Å². The summed E-state index contributed by atoms with van der Waals surface area (Å²) >= 11 is 1.78. The van der Waals surface area contributed by atoms with E-state index in [0.29, 0.717) is 24.8 Å². The SMILES string of the molecule is Nc1nc(CN2CCCCC2CCC(=O)O)nc2sc3c(c12)CCCC3. The summed E-state index contributed by atoms with van der Waals surface area (Å²) in [6.45, 7) is 1.64. The van der Waals surface area contributed by atoms with Crippen molar-refractivity contribution in [2.45, 2.75) is 70.4 Å². The Morgan fingerprint density at radius 2 is 2.08 bits per heavy atom. The van der Waals surface area contributed by atoms with E-state index in [1.807, 2.05) is 0 Å². The fourth-order valence-electron chi connectivity index (χ4n) is 4.37. The van der Waals surface area contributed by atoms with Crippen LogP contribution in [0.25, 0.3) is 10.2 Å². The molecule has 1 aliphatic carbocycles. The molecule has 3 heterocycles. The second kappa shape index (κ2) is 7.48. The molecule has 1 atom stereocenters. The van der Waals surface area contributed by atoms with Crippen molar-refractivity contribution in [1.29, 1.82) is 0 Å². The monoisotopic (exact) mass is 374 g/mol. The van der Waals surface area contributed by atoms with Crippen LogP contribution in [0.3, 0.4) is 0 Å². The number of anilines is 1. The number of thiophene rings is 1. The van der Waals surface area contributed by atoms with E-state index in [0.717, 1.165) is 48.3 Å². The van der Waals surface area contributed by atoms with Gasteiger partial charge in [-0.3, -0.25) is 9.69 Å². The average Bonchev–Trinajstić information content (AvgIpc) is 2.99. The maximum atomic E-state index is 10.9. The third-order valence-corrected chi connectivity index (χ3v) is 6.86. The number of nitrogen functional groups attached to an aromatic ring is 1. The number of hydrogen-bond acceptors (Lipinski definition) is 6. The van der Waals surface area contributed by atoms with Crippen LogP contribution in [0.2, 0.25) is 0 Å². The Morgan fingerprint density at radius 3 is 2.92 bits per heavy atom. The van der Waals surface area contributed by atoms with Crippen LogP contribution < -0.4 is 5.73 Å². The van der Waals surface area contributed by atoms with Crippen molar-refractivity contribution in [1.82, 2.24) is 14.9 Å². The number of nitrogens with zero attached hydrogens (tertiary/aromatic N) is 3. The summed E-state index contributed by atoms with van der Waals surface area (Å²) < 4.78 is 0. The molecule has 1 unspecified atom stereocenters. The summed E-state index contributed by atoms with van der Waals surface area (Å²) in [6.07, 6.45) is 8.98. The van der Waals surface area contributed by atoms with Gasteiger partial charge in [0.2, 0.25) is 0 Å². The van der Waals surface area contributed by atoms with E-state index in [1.165, 1.54) is 29.7 Å². The van der Waals surface area contributed by atoms with Crippen molar-refractivity contribution < 1.29 is 9.90 Å². The topological polar surface area (TPSA) is 92.3 Å². The minimum atomic E-state index is -0.721. The van der Waals surface area contributed by atoms with Crippen LogP contribution in [0.4, 0.5) is 5.82 Å². The molecule has 0 aromatic carbocycles. The van der Waals surface area contributed by atoms with Crippen molar-refractivity contribution in [2.75, 3.05) is 12.3 Å². The number of aromatic nitrogens is 2. The molecule has 0 spiro atoms. The molecule has 2 aromatic rings. The Hall–Kier alpha value is -1.73. The Kier molecular flexibility index (Phi) is 5.09. The molecule has 0 bridgehead atoms. The van der Waals surface area contributed by atoms with Gasteiger partial charge in [0.15, 0.2) is 0 Å². The van der Waals surface area contributed by atoms with E-state index in [9.17, 15) is 4.79 Å². The Morgan fingerprint density at radius 1 is 1.23 bits per heavy atom. The molecule has 6 nitrogen and oxygen atoms in total. The van der Waals surface area contributed by atoms with Crippen molar-refractivity contribution in [3.63, 3.8) is 0 Å². The molecule has 0 amide bonds. The third-order valence-electron chi connectivity index (χ3n) is 5.67. The number of hydrogen-bond donors (Lipinski definition) is 2. The summed E-state index contributed by atoms with van der Waals surface area (Å²) in [5.41, 5.74) is 7.70. The zero-order chi connectivity index (χ0) is 18.1. The lowest BCUT2D eigenvalue weighted by molar-refractivity contribution is -0.137. The number of carboxylic acid groups (broad SMARTS) is 1. The Bertz CT molecular complexity index is 819. The first-order valence-corrected chi connectivity index (χ1v) is 10.5. The number of rotatable bonds is 5. The molecule has 1 aliphatic heterocycles. The normalized spacial score (nSPS) is 21.0. The van der Waals surface area contributed by atoms with Gasteiger partial charge in [0.05, 0.1) is 11.9 Å². The molecule has 2 aromatic heterocycles. The van der Waals surface area contributed by atoms with Gasteiger partial charge in [-0.15, -0.1) is 11.3 Å². The number of carboxylic acids is 1. The first-order chi connectivity index (χ1) is 12.6. The van der Waals surface area contributed by atoms with Gasteiger partial charge < -0.3 is 10.8 Å². The van der Waals surface area contributed by atoms with Gasteiger partial charge in [-0.05, 0) is 57.1 Å². The number of fused-ring (bicyclic) bond motifs is 3. The molecular weight excluding hydrogens is 348 g/mol. The van der Waals surface area contributed by atoms with Gasteiger partial charge in [-0.25, -0.2) is 9.97 Å². The Labute approximate surface area is 157 Å². The van der Waals surface area contributed by atoms with Crippen LogP contribution in [-0.2, 0) is 24.2 Å². The molecular formula is C19H26N4O2S. The summed E-state index contributed by atoms with van der Waals surface area (Å²) in [4.78, 5) is 25.2. The zero-order valence-electron chi connectivity index (χ0n) is 15.0. The molecule has 3 N–H and O–H groups in total. The first-order valence-electron chi connectivity index (χ1n) is 9.64. The van der Waals surface area contributed by atoms with Crippen LogP contribution in [0.5, 0.6) is 0 Å². The zero-order valence-corrected chi connectivity index (χ0v) is 15.9. The first kappa shape index (κ1) is 17.7. The number of likely N-dealkylation sites (tertiary alicyclic amines) is 1. The molecule has 4 rings (SSSR count). The van der Waals surface area contributed by atoms with Crippen molar-refractivity contribution in [3.8, 4) is 0 Å². The average molecular weight is 375 g/mol. The van der Waals surface area contributed by atoms with E-state index in [2.05, 4.69) is 9.88 Å². The van der Waals surface area contributed by atoms with E-state index in [-0.39, 0.29) is 6.42 Å². The number of aryl methyl sites for hydroxylation is 2. The van der Waals surface area contributed by atoms with E-state index in [4.69, 9.17) is 15.8 Å². The van der Waals surface area contributed by atoms with Gasteiger partial charge in [0, 0.05) is 17.3 Å². The molecule has 140 valence electrons. The highest BCUT2D eigenvalue weighted by molar-refractivity contribution is 7.19. The fourth-order valence-corrected chi connectivity index (χ4v) is 5.66. The highest BCUT2D eigenvalue weighted by atomic mass is 32.1. The quantitative estimate of drug-likeness (QED) is 0.833. The summed E-state index contributed by atoms with van der Waals surface area (Å²) in [6, 6.07) is 0.303. The summed E-state index contributed by atoms with van der Waals surface area (Å²) in [5.74, 6) is 0.668. The number of piperidine rings is 1. The fraction of sp³-hybridized carbons (Fsp3) is 0.632. The molecule has 0 radical (unpaired) electrons. The smallest absolute Gasteiger partial charge is 0.303 e. The highest BCUT2D eigenvalue weighted by Gasteiger charge is 2.25.